The number of rotatable bonds is 5. The fourth-order valence-electron chi connectivity index (χ4n) is 1.71. The maximum absolute atomic E-state index is 10.8. The van der Waals surface area contributed by atoms with Gasteiger partial charge < -0.3 is 10.1 Å². The summed E-state index contributed by atoms with van der Waals surface area (Å²) >= 11 is 0. The molecule has 2 rings (SSSR count). The molecule has 0 unspecified atom stereocenters. The Morgan fingerprint density at radius 2 is 1.70 bits per heavy atom. The molecule has 100 valence electrons. The van der Waals surface area contributed by atoms with Gasteiger partial charge >= 0.3 is 5.91 Å². The lowest BCUT2D eigenvalue weighted by molar-refractivity contribution is -0.115. The predicted octanol–water partition coefficient (Wildman–Crippen LogP) is 2.66. The van der Waals surface area contributed by atoms with Gasteiger partial charge in [-0.2, -0.15) is 5.26 Å². The SMILES string of the molecule is N#CC(=O)NCCc1ccc(Oc2ccccc2)cc1. The van der Waals surface area contributed by atoms with Crippen molar-refractivity contribution in [3.8, 4) is 17.6 Å². The Hall–Kier alpha value is -2.80. The summed E-state index contributed by atoms with van der Waals surface area (Å²) in [5.74, 6) is 0.955. The smallest absolute Gasteiger partial charge is 0.322 e. The van der Waals surface area contributed by atoms with Crippen molar-refractivity contribution in [3.05, 3.63) is 60.2 Å². The van der Waals surface area contributed by atoms with Gasteiger partial charge in [-0.1, -0.05) is 30.3 Å². The van der Waals surface area contributed by atoms with Gasteiger partial charge in [0.2, 0.25) is 0 Å². The van der Waals surface area contributed by atoms with Gasteiger partial charge in [-0.25, -0.2) is 0 Å². The minimum absolute atomic E-state index is 0.450. The van der Waals surface area contributed by atoms with Gasteiger partial charge in [0.25, 0.3) is 0 Å². The molecule has 1 N–H and O–H groups in total. The Labute approximate surface area is 117 Å². The lowest BCUT2D eigenvalue weighted by atomic mass is 10.1. The molecule has 0 aliphatic heterocycles. The van der Waals surface area contributed by atoms with Crippen LogP contribution in [-0.4, -0.2) is 12.5 Å². The molecule has 1 amide bonds. The molecule has 0 aliphatic carbocycles. The monoisotopic (exact) mass is 266 g/mol. The number of carbonyl (C=O) groups excluding carboxylic acids is 1. The Morgan fingerprint density at radius 1 is 1.05 bits per heavy atom. The highest BCUT2D eigenvalue weighted by atomic mass is 16.5. The number of para-hydroxylation sites is 1. The Balaban J connectivity index is 1.87. The Kier molecular flexibility index (Phi) is 4.74. The molecular weight excluding hydrogens is 252 g/mol. The molecular formula is C16H14N2O2. The number of nitriles is 1. The number of ether oxygens (including phenoxy) is 1. The third-order valence-corrected chi connectivity index (χ3v) is 2.70. The van der Waals surface area contributed by atoms with Gasteiger partial charge in [0.1, 0.15) is 11.5 Å². The molecule has 0 fully saturated rings. The summed E-state index contributed by atoms with van der Waals surface area (Å²) < 4.78 is 5.68. The van der Waals surface area contributed by atoms with E-state index in [1.54, 1.807) is 0 Å². The van der Waals surface area contributed by atoms with Crippen LogP contribution in [0.25, 0.3) is 0 Å². The zero-order valence-electron chi connectivity index (χ0n) is 10.9. The normalized spacial score (nSPS) is 9.55. The largest absolute Gasteiger partial charge is 0.457 e. The number of carbonyl (C=O) groups is 1. The average Bonchev–Trinajstić information content (AvgIpc) is 2.50. The van der Waals surface area contributed by atoms with E-state index in [0.29, 0.717) is 13.0 Å². The molecule has 0 heterocycles. The molecule has 2 aromatic carbocycles. The molecule has 4 heteroatoms. The van der Waals surface area contributed by atoms with Crippen LogP contribution in [0.4, 0.5) is 0 Å². The van der Waals surface area contributed by atoms with Crippen LogP contribution in [-0.2, 0) is 11.2 Å². The third-order valence-electron chi connectivity index (χ3n) is 2.70. The van der Waals surface area contributed by atoms with Gasteiger partial charge in [0, 0.05) is 6.54 Å². The van der Waals surface area contributed by atoms with Crippen LogP contribution in [0.3, 0.4) is 0 Å². The van der Waals surface area contributed by atoms with Crippen LogP contribution in [0.15, 0.2) is 54.6 Å². The van der Waals surface area contributed by atoms with Crippen molar-refractivity contribution in [1.82, 2.24) is 5.32 Å². The van der Waals surface area contributed by atoms with Gasteiger partial charge in [0.05, 0.1) is 0 Å². The minimum atomic E-state index is -0.603. The van der Waals surface area contributed by atoms with E-state index in [1.165, 1.54) is 6.07 Å². The second kappa shape index (κ2) is 6.95. The average molecular weight is 266 g/mol. The lowest BCUT2D eigenvalue weighted by Gasteiger charge is -2.06. The van der Waals surface area contributed by atoms with Crippen molar-refractivity contribution in [1.29, 1.82) is 5.26 Å². The highest BCUT2D eigenvalue weighted by molar-refractivity contribution is 5.91. The van der Waals surface area contributed by atoms with Crippen LogP contribution >= 0.6 is 0 Å². The van der Waals surface area contributed by atoms with E-state index in [2.05, 4.69) is 5.32 Å². The second-order valence-electron chi connectivity index (χ2n) is 4.18. The first-order valence-electron chi connectivity index (χ1n) is 6.28. The molecule has 0 saturated carbocycles. The van der Waals surface area contributed by atoms with Gasteiger partial charge in [-0.15, -0.1) is 0 Å². The van der Waals surface area contributed by atoms with Crippen molar-refractivity contribution in [2.24, 2.45) is 0 Å². The third kappa shape index (κ3) is 4.14. The van der Waals surface area contributed by atoms with Crippen LogP contribution < -0.4 is 10.1 Å². The number of nitrogens with one attached hydrogen (secondary N) is 1. The minimum Gasteiger partial charge on any atom is -0.457 e. The van der Waals surface area contributed by atoms with E-state index >= 15 is 0 Å². The molecule has 0 saturated heterocycles. The zero-order valence-corrected chi connectivity index (χ0v) is 10.9. The molecule has 0 spiro atoms. The van der Waals surface area contributed by atoms with Gasteiger partial charge in [0.15, 0.2) is 6.07 Å². The summed E-state index contributed by atoms with van der Waals surface area (Å²) in [4.78, 5) is 10.8. The van der Waals surface area contributed by atoms with Crippen molar-refractivity contribution in [2.75, 3.05) is 6.54 Å². The van der Waals surface area contributed by atoms with Crippen LogP contribution in [0, 0.1) is 11.3 Å². The summed E-state index contributed by atoms with van der Waals surface area (Å²) in [5.41, 5.74) is 1.07. The van der Waals surface area contributed by atoms with E-state index < -0.39 is 5.91 Å². The van der Waals surface area contributed by atoms with E-state index in [1.807, 2.05) is 54.6 Å². The first-order valence-corrected chi connectivity index (χ1v) is 6.28. The Bertz CT molecular complexity index is 601. The zero-order chi connectivity index (χ0) is 14.2. The van der Waals surface area contributed by atoms with Gasteiger partial charge in [-0.05, 0) is 36.2 Å². The molecule has 20 heavy (non-hydrogen) atoms. The fraction of sp³-hybridized carbons (Fsp3) is 0.125. The topological polar surface area (TPSA) is 62.1 Å². The molecule has 0 aliphatic rings. The van der Waals surface area contributed by atoms with Gasteiger partial charge in [-0.3, -0.25) is 4.79 Å². The first-order chi connectivity index (χ1) is 9.78. The summed E-state index contributed by atoms with van der Waals surface area (Å²) in [7, 11) is 0. The van der Waals surface area contributed by atoms with Crippen molar-refractivity contribution >= 4 is 5.91 Å². The lowest BCUT2D eigenvalue weighted by Crippen LogP contribution is -2.23. The number of amides is 1. The summed E-state index contributed by atoms with van der Waals surface area (Å²) in [6, 6.07) is 18.7. The van der Waals surface area contributed by atoms with Crippen LogP contribution in [0.2, 0.25) is 0 Å². The second-order valence-corrected chi connectivity index (χ2v) is 4.18. The molecule has 0 atom stereocenters. The number of hydrogen-bond acceptors (Lipinski definition) is 3. The van der Waals surface area contributed by atoms with Crippen LogP contribution in [0.1, 0.15) is 5.56 Å². The predicted molar refractivity (Wildman–Crippen MR) is 75.3 cm³/mol. The Morgan fingerprint density at radius 3 is 2.35 bits per heavy atom. The number of nitrogens with zero attached hydrogens (tertiary/aromatic N) is 1. The van der Waals surface area contributed by atoms with Crippen LogP contribution in [0.5, 0.6) is 11.5 Å². The highest BCUT2D eigenvalue weighted by Crippen LogP contribution is 2.21. The van der Waals surface area contributed by atoms with E-state index in [0.717, 1.165) is 17.1 Å². The van der Waals surface area contributed by atoms with E-state index in [4.69, 9.17) is 10.00 Å². The maximum atomic E-state index is 10.8. The molecule has 0 radical (unpaired) electrons. The molecule has 2 aromatic rings. The van der Waals surface area contributed by atoms with E-state index in [-0.39, 0.29) is 0 Å². The van der Waals surface area contributed by atoms with Crippen molar-refractivity contribution in [3.63, 3.8) is 0 Å². The molecule has 0 bridgehead atoms. The number of benzene rings is 2. The summed E-state index contributed by atoms with van der Waals surface area (Å²) in [6.45, 7) is 0.450. The van der Waals surface area contributed by atoms with Crippen molar-refractivity contribution < 1.29 is 9.53 Å². The standard InChI is InChI=1S/C16H14N2O2/c17-12-16(19)18-11-10-13-6-8-15(9-7-13)20-14-4-2-1-3-5-14/h1-9H,10-11H2,(H,18,19). The van der Waals surface area contributed by atoms with E-state index in [9.17, 15) is 4.79 Å². The van der Waals surface area contributed by atoms with Crippen molar-refractivity contribution in [2.45, 2.75) is 6.42 Å². The molecule has 4 nitrogen and oxygen atoms in total. The molecule has 0 aromatic heterocycles. The first kappa shape index (κ1) is 13.6. The quantitative estimate of drug-likeness (QED) is 0.846. The number of hydrogen-bond donors (Lipinski definition) is 1. The maximum Gasteiger partial charge on any atom is 0.322 e. The summed E-state index contributed by atoms with van der Waals surface area (Å²) in [5, 5.41) is 10.8. The fourth-order valence-corrected chi connectivity index (χ4v) is 1.71. The highest BCUT2D eigenvalue weighted by Gasteiger charge is 1.99. The summed E-state index contributed by atoms with van der Waals surface area (Å²) in [6.07, 6.45) is 0.680.